The Morgan fingerprint density at radius 2 is 1.82 bits per heavy atom. The summed E-state index contributed by atoms with van der Waals surface area (Å²) in [5.74, 6) is 0.477. The third kappa shape index (κ3) is 3.16. The number of benzene rings is 3. The second-order valence-corrected chi connectivity index (χ2v) is 7.14. The van der Waals surface area contributed by atoms with Crippen molar-refractivity contribution in [1.29, 1.82) is 0 Å². The summed E-state index contributed by atoms with van der Waals surface area (Å²) in [6, 6.07) is 19.8. The molecule has 0 atom stereocenters. The third-order valence-corrected chi connectivity index (χ3v) is 5.08. The van der Waals surface area contributed by atoms with Gasteiger partial charge in [-0.2, -0.15) is 0 Å². The van der Waals surface area contributed by atoms with Crippen LogP contribution in [0.1, 0.15) is 34.7 Å². The van der Waals surface area contributed by atoms with Gasteiger partial charge in [-0.05, 0) is 72.9 Å². The lowest BCUT2D eigenvalue weighted by molar-refractivity contribution is 0.102. The molecule has 0 radical (unpaired) electrons. The lowest BCUT2D eigenvalue weighted by atomic mass is 10.0. The molecule has 1 aromatic heterocycles. The smallest absolute Gasteiger partial charge is 0.256 e. The molecule has 1 aliphatic rings. The van der Waals surface area contributed by atoms with E-state index in [2.05, 4.69) is 15.3 Å². The van der Waals surface area contributed by atoms with Gasteiger partial charge in [-0.15, -0.1) is 0 Å². The molecule has 0 aliphatic heterocycles. The summed E-state index contributed by atoms with van der Waals surface area (Å²) in [6.45, 7) is 0. The van der Waals surface area contributed by atoms with E-state index in [0.29, 0.717) is 17.2 Å². The number of aromatic nitrogens is 2. The standard InChI is InChI=1S/C23H18FN3O/c24-16-9-12-18(14-5-6-14)19(13-16)23(28)25-17-10-7-15(8-11-17)22-26-20-3-1-2-4-21(20)27-22/h1-4,7-14H,5-6H2,(H,25,28)(H,26,27). The zero-order valence-corrected chi connectivity index (χ0v) is 15.1. The van der Waals surface area contributed by atoms with Crippen LogP contribution in [0.5, 0.6) is 0 Å². The minimum atomic E-state index is -0.394. The molecule has 0 unspecified atom stereocenters. The fourth-order valence-corrected chi connectivity index (χ4v) is 3.47. The number of carbonyl (C=O) groups excluding carboxylic acids is 1. The van der Waals surface area contributed by atoms with E-state index < -0.39 is 5.82 Å². The number of halogens is 1. The second-order valence-electron chi connectivity index (χ2n) is 7.14. The highest BCUT2D eigenvalue weighted by atomic mass is 19.1. The van der Waals surface area contributed by atoms with Crippen LogP contribution in [0.25, 0.3) is 22.4 Å². The predicted octanol–water partition coefficient (Wildman–Crippen LogP) is 5.50. The molecule has 1 aliphatic carbocycles. The molecule has 0 bridgehead atoms. The van der Waals surface area contributed by atoms with E-state index in [1.54, 1.807) is 6.07 Å². The molecule has 1 fully saturated rings. The quantitative estimate of drug-likeness (QED) is 0.498. The van der Waals surface area contributed by atoms with E-state index in [4.69, 9.17) is 0 Å². The van der Waals surface area contributed by atoms with E-state index in [0.717, 1.165) is 40.8 Å². The largest absolute Gasteiger partial charge is 0.338 e. The van der Waals surface area contributed by atoms with E-state index in [1.807, 2.05) is 48.5 Å². The molecule has 5 heteroatoms. The summed E-state index contributed by atoms with van der Waals surface area (Å²) >= 11 is 0. The summed E-state index contributed by atoms with van der Waals surface area (Å²) in [5.41, 5.74) is 4.83. The molecule has 3 aromatic carbocycles. The van der Waals surface area contributed by atoms with Gasteiger partial charge in [0.2, 0.25) is 0 Å². The summed E-state index contributed by atoms with van der Waals surface area (Å²) in [4.78, 5) is 20.6. The first-order valence-electron chi connectivity index (χ1n) is 9.33. The van der Waals surface area contributed by atoms with Crippen molar-refractivity contribution in [1.82, 2.24) is 9.97 Å². The first-order chi connectivity index (χ1) is 13.7. The van der Waals surface area contributed by atoms with Crippen molar-refractivity contribution in [2.75, 3.05) is 5.32 Å². The Bertz CT molecular complexity index is 1140. The average molecular weight is 371 g/mol. The number of nitrogens with zero attached hydrogens (tertiary/aromatic N) is 1. The van der Waals surface area contributed by atoms with E-state index in [9.17, 15) is 9.18 Å². The maximum Gasteiger partial charge on any atom is 0.256 e. The molecule has 5 rings (SSSR count). The molecule has 1 amide bonds. The van der Waals surface area contributed by atoms with Crippen molar-refractivity contribution in [3.63, 3.8) is 0 Å². The number of carbonyl (C=O) groups is 1. The van der Waals surface area contributed by atoms with Crippen LogP contribution >= 0.6 is 0 Å². The van der Waals surface area contributed by atoms with Gasteiger partial charge in [-0.25, -0.2) is 9.37 Å². The first-order valence-corrected chi connectivity index (χ1v) is 9.33. The van der Waals surface area contributed by atoms with E-state index >= 15 is 0 Å². The molecule has 28 heavy (non-hydrogen) atoms. The zero-order chi connectivity index (χ0) is 19.1. The molecule has 4 nitrogen and oxygen atoms in total. The molecule has 0 spiro atoms. The number of H-pyrrole nitrogens is 1. The molecule has 138 valence electrons. The van der Waals surface area contributed by atoms with Crippen molar-refractivity contribution in [2.45, 2.75) is 18.8 Å². The molecule has 4 aromatic rings. The maximum absolute atomic E-state index is 13.7. The zero-order valence-electron chi connectivity index (χ0n) is 15.1. The lowest BCUT2D eigenvalue weighted by Gasteiger charge is -2.10. The number of para-hydroxylation sites is 2. The fraction of sp³-hybridized carbons (Fsp3) is 0.130. The van der Waals surface area contributed by atoms with Crippen LogP contribution in [0.3, 0.4) is 0 Å². The highest BCUT2D eigenvalue weighted by Gasteiger charge is 2.28. The Hall–Kier alpha value is -3.47. The summed E-state index contributed by atoms with van der Waals surface area (Å²) in [6.07, 6.45) is 2.11. The summed E-state index contributed by atoms with van der Waals surface area (Å²) in [5, 5.41) is 2.88. The molecular weight excluding hydrogens is 353 g/mol. The minimum Gasteiger partial charge on any atom is -0.338 e. The second kappa shape index (κ2) is 6.60. The van der Waals surface area contributed by atoms with Crippen LogP contribution in [0.2, 0.25) is 0 Å². The van der Waals surface area contributed by atoms with Crippen LogP contribution in [0, 0.1) is 5.82 Å². The highest BCUT2D eigenvalue weighted by molar-refractivity contribution is 6.05. The highest BCUT2D eigenvalue weighted by Crippen LogP contribution is 2.42. The Balaban J connectivity index is 1.38. The van der Waals surface area contributed by atoms with E-state index in [1.165, 1.54) is 12.1 Å². The molecule has 0 saturated heterocycles. The van der Waals surface area contributed by atoms with Gasteiger partial charge in [0.25, 0.3) is 5.91 Å². The SMILES string of the molecule is O=C(Nc1ccc(-c2nc3ccccc3[nH]2)cc1)c1cc(F)ccc1C1CC1. The number of hydrogen-bond acceptors (Lipinski definition) is 2. The van der Waals surface area contributed by atoms with Crippen molar-refractivity contribution in [2.24, 2.45) is 0 Å². The van der Waals surface area contributed by atoms with Crippen LogP contribution in [0.15, 0.2) is 66.7 Å². The Kier molecular flexibility index (Phi) is 3.93. The number of hydrogen-bond donors (Lipinski definition) is 2. The number of anilines is 1. The van der Waals surface area contributed by atoms with Gasteiger partial charge in [0.05, 0.1) is 11.0 Å². The Morgan fingerprint density at radius 3 is 2.57 bits per heavy atom. The Labute approximate surface area is 161 Å². The number of fused-ring (bicyclic) bond motifs is 1. The van der Waals surface area contributed by atoms with Crippen LogP contribution in [0.4, 0.5) is 10.1 Å². The van der Waals surface area contributed by atoms with Gasteiger partial charge in [-0.1, -0.05) is 18.2 Å². The lowest BCUT2D eigenvalue weighted by Crippen LogP contribution is -2.14. The van der Waals surface area contributed by atoms with Gasteiger partial charge in [0.15, 0.2) is 0 Å². The van der Waals surface area contributed by atoms with Crippen LogP contribution in [-0.4, -0.2) is 15.9 Å². The van der Waals surface area contributed by atoms with Gasteiger partial charge < -0.3 is 10.3 Å². The van der Waals surface area contributed by atoms with Crippen molar-refractivity contribution >= 4 is 22.6 Å². The molecule has 2 N–H and O–H groups in total. The first kappa shape index (κ1) is 16.7. The molecular formula is C23H18FN3O. The summed E-state index contributed by atoms with van der Waals surface area (Å²) < 4.78 is 13.7. The Morgan fingerprint density at radius 1 is 1.04 bits per heavy atom. The van der Waals surface area contributed by atoms with Crippen molar-refractivity contribution < 1.29 is 9.18 Å². The molecule has 1 saturated carbocycles. The number of imidazole rings is 1. The fourth-order valence-electron chi connectivity index (χ4n) is 3.47. The number of nitrogens with one attached hydrogen (secondary N) is 2. The normalized spacial score (nSPS) is 13.6. The van der Waals surface area contributed by atoms with Crippen molar-refractivity contribution in [3.8, 4) is 11.4 Å². The van der Waals surface area contributed by atoms with E-state index in [-0.39, 0.29) is 5.91 Å². The number of rotatable bonds is 4. The van der Waals surface area contributed by atoms with Gasteiger partial charge in [0, 0.05) is 16.8 Å². The predicted molar refractivity (Wildman–Crippen MR) is 108 cm³/mol. The van der Waals surface area contributed by atoms with Crippen LogP contribution in [-0.2, 0) is 0 Å². The van der Waals surface area contributed by atoms with Crippen molar-refractivity contribution in [3.05, 3.63) is 83.7 Å². The van der Waals surface area contributed by atoms with Crippen LogP contribution < -0.4 is 5.32 Å². The minimum absolute atomic E-state index is 0.280. The monoisotopic (exact) mass is 371 g/mol. The average Bonchev–Trinajstić information content (AvgIpc) is 3.46. The van der Waals surface area contributed by atoms with Gasteiger partial charge in [-0.3, -0.25) is 4.79 Å². The number of aromatic amines is 1. The topological polar surface area (TPSA) is 57.8 Å². The molecule has 1 heterocycles. The maximum atomic E-state index is 13.7. The van der Waals surface area contributed by atoms with Gasteiger partial charge in [0.1, 0.15) is 11.6 Å². The third-order valence-electron chi connectivity index (χ3n) is 5.08. The summed E-state index contributed by atoms with van der Waals surface area (Å²) in [7, 11) is 0. The van der Waals surface area contributed by atoms with Gasteiger partial charge >= 0.3 is 0 Å². The number of amides is 1.